The molecule has 0 spiro atoms. The molecule has 31 heavy (non-hydrogen) atoms. The van der Waals surface area contributed by atoms with Crippen LogP contribution in [0.1, 0.15) is 65.4 Å². The minimum atomic E-state index is -0.501. The average Bonchev–Trinajstić information content (AvgIpc) is 3.15. The molecule has 3 fully saturated rings. The van der Waals surface area contributed by atoms with Crippen LogP contribution in [0.5, 0.6) is 0 Å². The molecule has 0 unspecified atom stereocenters. The highest BCUT2D eigenvalue weighted by atomic mass is 16.5. The molecule has 4 heterocycles. The monoisotopic (exact) mass is 420 g/mol. The summed E-state index contributed by atoms with van der Waals surface area (Å²) in [6.07, 6.45) is 8.79. The maximum atomic E-state index is 11.3. The van der Waals surface area contributed by atoms with E-state index in [1.807, 2.05) is 12.4 Å². The SMILES string of the molecule is C[C@@H]1C[C@H]2C[C@@](O)(C1)C[C@@H](C)[C@@H]2C1=NN2CCC(C)(C)OB2c2cnc3[nH]ccc3c21. The van der Waals surface area contributed by atoms with Gasteiger partial charge in [-0.25, -0.2) is 4.98 Å². The molecule has 164 valence electrons. The van der Waals surface area contributed by atoms with Crippen LogP contribution in [0.2, 0.25) is 0 Å². The van der Waals surface area contributed by atoms with Gasteiger partial charge in [0.2, 0.25) is 0 Å². The fourth-order valence-electron chi connectivity index (χ4n) is 7.20. The molecular formula is C24H33BN4O2. The summed E-state index contributed by atoms with van der Waals surface area (Å²) in [7, 11) is -0.185. The molecule has 6 rings (SSSR count). The van der Waals surface area contributed by atoms with Crippen molar-refractivity contribution in [3.8, 4) is 0 Å². The minimum Gasteiger partial charge on any atom is -0.407 e. The first-order chi connectivity index (χ1) is 14.7. The number of nitrogens with one attached hydrogen (secondary N) is 1. The van der Waals surface area contributed by atoms with Crippen molar-refractivity contribution in [1.82, 2.24) is 14.9 Å². The van der Waals surface area contributed by atoms with Crippen molar-refractivity contribution in [3.63, 3.8) is 0 Å². The molecule has 0 radical (unpaired) electrons. The number of hydrazone groups is 1. The van der Waals surface area contributed by atoms with Gasteiger partial charge >= 0.3 is 7.05 Å². The van der Waals surface area contributed by atoms with Gasteiger partial charge in [-0.2, -0.15) is 5.10 Å². The van der Waals surface area contributed by atoms with Crippen LogP contribution in [-0.2, 0) is 4.65 Å². The van der Waals surface area contributed by atoms with E-state index in [4.69, 9.17) is 14.7 Å². The zero-order valence-corrected chi connectivity index (χ0v) is 19.1. The Labute approximate surface area is 184 Å². The molecule has 1 saturated heterocycles. The molecule has 5 atom stereocenters. The fourth-order valence-corrected chi connectivity index (χ4v) is 7.20. The number of aromatic amines is 1. The Morgan fingerprint density at radius 3 is 2.94 bits per heavy atom. The number of hydrogen-bond donors (Lipinski definition) is 2. The number of nitrogens with zero attached hydrogens (tertiary/aromatic N) is 3. The van der Waals surface area contributed by atoms with Crippen LogP contribution in [0, 0.1) is 23.7 Å². The Morgan fingerprint density at radius 2 is 2.10 bits per heavy atom. The van der Waals surface area contributed by atoms with E-state index in [9.17, 15) is 5.11 Å². The third-order valence-corrected chi connectivity index (χ3v) is 8.23. The van der Waals surface area contributed by atoms with Crippen molar-refractivity contribution in [1.29, 1.82) is 0 Å². The first-order valence-corrected chi connectivity index (χ1v) is 11.9. The Kier molecular flexibility index (Phi) is 4.20. The van der Waals surface area contributed by atoms with Crippen LogP contribution in [0.3, 0.4) is 0 Å². The molecule has 2 aliphatic carbocycles. The van der Waals surface area contributed by atoms with E-state index in [0.717, 1.165) is 48.7 Å². The van der Waals surface area contributed by atoms with E-state index >= 15 is 0 Å². The lowest BCUT2D eigenvalue weighted by Gasteiger charge is -2.52. The van der Waals surface area contributed by atoms with Gasteiger partial charge in [-0.1, -0.05) is 13.8 Å². The van der Waals surface area contributed by atoms with Gasteiger partial charge in [0.15, 0.2) is 0 Å². The van der Waals surface area contributed by atoms with Crippen LogP contribution in [0.25, 0.3) is 11.0 Å². The van der Waals surface area contributed by atoms with Crippen LogP contribution >= 0.6 is 0 Å². The maximum Gasteiger partial charge on any atom is 0.471 e. The number of pyridine rings is 1. The van der Waals surface area contributed by atoms with Crippen molar-refractivity contribution in [3.05, 3.63) is 24.0 Å². The van der Waals surface area contributed by atoms with Gasteiger partial charge in [0.1, 0.15) is 5.65 Å². The van der Waals surface area contributed by atoms with E-state index in [1.165, 1.54) is 17.7 Å². The minimum absolute atomic E-state index is 0.175. The number of aliphatic hydroxyl groups is 1. The van der Waals surface area contributed by atoms with Crippen LogP contribution in [0.15, 0.2) is 23.6 Å². The van der Waals surface area contributed by atoms with Crippen molar-refractivity contribution in [2.45, 2.75) is 71.0 Å². The first-order valence-electron chi connectivity index (χ1n) is 11.9. The number of aromatic nitrogens is 2. The molecule has 2 aliphatic heterocycles. The molecule has 2 aromatic rings. The van der Waals surface area contributed by atoms with E-state index in [2.05, 4.69) is 43.7 Å². The van der Waals surface area contributed by atoms with Gasteiger partial charge in [0, 0.05) is 46.9 Å². The summed E-state index contributed by atoms with van der Waals surface area (Å²) in [6.45, 7) is 9.83. The number of H-pyrrole nitrogens is 1. The van der Waals surface area contributed by atoms with Crippen molar-refractivity contribution >= 4 is 29.3 Å². The third kappa shape index (κ3) is 3.07. The van der Waals surface area contributed by atoms with Crippen molar-refractivity contribution < 1.29 is 9.76 Å². The summed E-state index contributed by atoms with van der Waals surface area (Å²) in [5.41, 5.74) is 3.78. The zero-order chi connectivity index (χ0) is 21.5. The number of hydrogen-bond acceptors (Lipinski definition) is 5. The van der Waals surface area contributed by atoms with Crippen molar-refractivity contribution in [2.24, 2.45) is 28.8 Å². The topological polar surface area (TPSA) is 73.7 Å². The zero-order valence-electron chi connectivity index (χ0n) is 19.1. The summed E-state index contributed by atoms with van der Waals surface area (Å²) in [6, 6.07) is 2.13. The van der Waals surface area contributed by atoms with Crippen molar-refractivity contribution in [2.75, 3.05) is 6.54 Å². The molecule has 4 aliphatic rings. The third-order valence-electron chi connectivity index (χ3n) is 8.23. The van der Waals surface area contributed by atoms with Gasteiger partial charge in [0.25, 0.3) is 0 Å². The molecule has 6 nitrogen and oxygen atoms in total. The molecule has 2 N–H and O–H groups in total. The molecule has 2 saturated carbocycles. The lowest BCUT2D eigenvalue weighted by molar-refractivity contribution is -0.0919. The summed E-state index contributed by atoms with van der Waals surface area (Å²) in [4.78, 5) is 10.2. The summed E-state index contributed by atoms with van der Waals surface area (Å²) >= 11 is 0. The predicted octanol–water partition coefficient (Wildman–Crippen LogP) is 3.30. The van der Waals surface area contributed by atoms with E-state index < -0.39 is 5.60 Å². The standard InChI is InChI=1S/C24H33BN4O2/c1-14-9-16-12-24(30,10-14)11-15(2)19(16)21-20-17-5-7-26-22(17)27-13-18(20)25-29(28-21)8-6-23(3,4)31-25/h5,7,13-16,19,30H,6,8-12H2,1-4H3,(H,26,27)/t14-,15-,16+,19+,24-/m1/s1. The van der Waals surface area contributed by atoms with Crippen LogP contribution < -0.4 is 5.46 Å². The summed E-state index contributed by atoms with van der Waals surface area (Å²) in [5, 5.41) is 17.7. The number of rotatable bonds is 1. The second kappa shape index (κ2) is 6.58. The second-order valence-corrected chi connectivity index (χ2v) is 11.4. The van der Waals surface area contributed by atoms with Gasteiger partial charge in [-0.3, -0.25) is 0 Å². The number of fused-ring (bicyclic) bond motifs is 7. The van der Waals surface area contributed by atoms with E-state index in [-0.39, 0.29) is 12.7 Å². The van der Waals surface area contributed by atoms with Gasteiger partial charge < -0.3 is 19.7 Å². The molecular weight excluding hydrogens is 387 g/mol. The second-order valence-electron chi connectivity index (χ2n) is 11.4. The van der Waals surface area contributed by atoms with Crippen LogP contribution in [-0.4, -0.2) is 50.5 Å². The van der Waals surface area contributed by atoms with Crippen LogP contribution in [0.4, 0.5) is 0 Å². The lowest BCUT2D eigenvalue weighted by Crippen LogP contribution is -2.62. The Hall–Kier alpha value is -1.86. The quantitative estimate of drug-likeness (QED) is 0.695. The van der Waals surface area contributed by atoms with E-state index in [1.54, 1.807) is 0 Å². The molecule has 2 aromatic heterocycles. The summed E-state index contributed by atoms with van der Waals surface area (Å²) in [5.74, 6) is 1.76. The smallest absolute Gasteiger partial charge is 0.407 e. The largest absolute Gasteiger partial charge is 0.471 e. The average molecular weight is 420 g/mol. The molecule has 7 heteroatoms. The molecule has 2 bridgehead atoms. The Balaban J connectivity index is 1.51. The van der Waals surface area contributed by atoms with Gasteiger partial charge in [-0.05, 0) is 69.8 Å². The normalized spacial score (nSPS) is 36.7. The Morgan fingerprint density at radius 1 is 1.26 bits per heavy atom. The fraction of sp³-hybridized carbons (Fsp3) is 0.667. The highest BCUT2D eigenvalue weighted by Crippen LogP contribution is 2.51. The highest BCUT2D eigenvalue weighted by Gasteiger charge is 2.52. The predicted molar refractivity (Wildman–Crippen MR) is 123 cm³/mol. The van der Waals surface area contributed by atoms with Gasteiger partial charge in [0.05, 0.1) is 11.3 Å². The first kappa shape index (κ1) is 19.8. The molecule has 0 aromatic carbocycles. The lowest BCUT2D eigenvalue weighted by atomic mass is 9.55. The molecule has 0 amide bonds. The highest BCUT2D eigenvalue weighted by molar-refractivity contribution is 6.68. The maximum absolute atomic E-state index is 11.3. The van der Waals surface area contributed by atoms with Gasteiger partial charge in [-0.15, -0.1) is 0 Å². The van der Waals surface area contributed by atoms with E-state index in [0.29, 0.717) is 23.7 Å². The Bertz CT molecular complexity index is 1060. The summed E-state index contributed by atoms with van der Waals surface area (Å²) < 4.78 is 6.54.